The van der Waals surface area contributed by atoms with Gasteiger partial charge in [-0.3, -0.25) is 4.79 Å². The summed E-state index contributed by atoms with van der Waals surface area (Å²) >= 11 is 0. The Hall–Kier alpha value is -4.21. The van der Waals surface area contributed by atoms with Crippen LogP contribution in [0.3, 0.4) is 0 Å². The third-order valence-corrected chi connectivity index (χ3v) is 7.91. The molecule has 2 aliphatic rings. The SMILES string of the molecule is O=C(N[C@@H]1CCO[C@]12O[C@H](CO)[C@H](O)[C@H](n1cc(-c3cc(F)c(F)c(F)c3)nn1)[C@H]2O)c1cccc(-c2ccccc2F)c1. The molecular weight excluding hydrogens is 588 g/mol. The molecule has 3 aromatic carbocycles. The topological polar surface area (TPSA) is 139 Å². The molecule has 14 heteroatoms. The first-order valence-electron chi connectivity index (χ1n) is 13.6. The Morgan fingerprint density at radius 1 is 1.00 bits per heavy atom. The van der Waals surface area contributed by atoms with E-state index in [1.54, 1.807) is 30.3 Å². The predicted octanol–water partition coefficient (Wildman–Crippen LogP) is 2.74. The van der Waals surface area contributed by atoms with Crippen LogP contribution in [0.5, 0.6) is 0 Å². The first-order valence-corrected chi connectivity index (χ1v) is 13.6. The monoisotopic (exact) mass is 614 g/mol. The molecule has 3 heterocycles. The van der Waals surface area contributed by atoms with E-state index in [4.69, 9.17) is 9.47 Å². The van der Waals surface area contributed by atoms with Gasteiger partial charge in [-0.2, -0.15) is 0 Å². The molecular formula is C30H26F4N4O6. The number of aromatic nitrogens is 3. The highest BCUT2D eigenvalue weighted by Gasteiger charge is 2.62. The van der Waals surface area contributed by atoms with Crippen LogP contribution in [0.2, 0.25) is 0 Å². The minimum absolute atomic E-state index is 0.0228. The summed E-state index contributed by atoms with van der Waals surface area (Å²) in [6.07, 6.45) is -3.26. The molecule has 4 aromatic rings. The van der Waals surface area contributed by atoms with Gasteiger partial charge in [0, 0.05) is 16.7 Å². The number of nitrogens with zero attached hydrogens (tertiary/aromatic N) is 3. The van der Waals surface area contributed by atoms with Crippen LogP contribution in [-0.4, -0.2) is 79.6 Å². The number of hydrogen-bond donors (Lipinski definition) is 4. The number of benzene rings is 3. The van der Waals surface area contributed by atoms with Crippen LogP contribution < -0.4 is 5.32 Å². The van der Waals surface area contributed by atoms with E-state index in [1.807, 2.05) is 0 Å². The molecule has 1 aromatic heterocycles. The fraction of sp³-hybridized carbons (Fsp3) is 0.300. The van der Waals surface area contributed by atoms with Crippen molar-refractivity contribution >= 4 is 5.91 Å². The lowest BCUT2D eigenvalue weighted by atomic mass is 9.86. The van der Waals surface area contributed by atoms with Crippen molar-refractivity contribution in [1.82, 2.24) is 20.3 Å². The second kappa shape index (κ2) is 11.7. The highest BCUT2D eigenvalue weighted by Crippen LogP contribution is 2.43. The largest absolute Gasteiger partial charge is 0.394 e. The van der Waals surface area contributed by atoms with Crippen LogP contribution >= 0.6 is 0 Å². The number of carbonyl (C=O) groups is 1. The van der Waals surface area contributed by atoms with E-state index in [0.717, 1.165) is 4.68 Å². The number of hydrogen-bond acceptors (Lipinski definition) is 8. The van der Waals surface area contributed by atoms with Crippen molar-refractivity contribution in [2.24, 2.45) is 0 Å². The number of nitrogens with one attached hydrogen (secondary N) is 1. The molecule has 0 radical (unpaired) electrons. The van der Waals surface area contributed by atoms with Crippen molar-refractivity contribution in [2.45, 2.75) is 42.6 Å². The third-order valence-electron chi connectivity index (χ3n) is 7.91. The maximum Gasteiger partial charge on any atom is 0.251 e. The highest BCUT2D eigenvalue weighted by atomic mass is 19.2. The smallest absolute Gasteiger partial charge is 0.251 e. The molecule has 44 heavy (non-hydrogen) atoms. The maximum absolute atomic E-state index is 14.4. The van der Waals surface area contributed by atoms with Crippen molar-refractivity contribution in [3.8, 4) is 22.4 Å². The van der Waals surface area contributed by atoms with Gasteiger partial charge in [-0.05, 0) is 42.3 Å². The summed E-state index contributed by atoms with van der Waals surface area (Å²) in [6, 6.07) is 11.5. The number of halogens is 4. The third kappa shape index (κ3) is 5.14. The second-order valence-electron chi connectivity index (χ2n) is 10.5. The molecule has 1 amide bonds. The summed E-state index contributed by atoms with van der Waals surface area (Å²) in [5, 5.41) is 43.2. The van der Waals surface area contributed by atoms with E-state index in [1.165, 1.54) is 24.4 Å². The Morgan fingerprint density at radius 3 is 2.48 bits per heavy atom. The molecule has 1 spiro atoms. The van der Waals surface area contributed by atoms with Crippen LogP contribution in [0.4, 0.5) is 17.6 Å². The van der Waals surface area contributed by atoms with Gasteiger partial charge in [-0.25, -0.2) is 22.2 Å². The maximum atomic E-state index is 14.4. The van der Waals surface area contributed by atoms with Crippen LogP contribution in [0.25, 0.3) is 22.4 Å². The molecule has 230 valence electrons. The minimum Gasteiger partial charge on any atom is -0.394 e. The standard InChI is InChI=1S/C30H26F4N4O6/c31-19-7-2-1-6-18(19)15-4-3-5-16(10-15)29(42)35-24-8-9-43-30(24)28(41)26(27(40)23(14-39)44-30)38-13-22(36-37-38)17-11-20(32)25(34)21(33)12-17/h1-7,10-13,23-24,26-28,39-41H,8-9,14H2,(H,35,42)/t23-,24-,26+,27+,28-,30+/m1/s1. The van der Waals surface area contributed by atoms with Gasteiger partial charge in [0.1, 0.15) is 35.9 Å². The summed E-state index contributed by atoms with van der Waals surface area (Å²) in [7, 11) is 0. The molecule has 10 nitrogen and oxygen atoms in total. The zero-order valence-corrected chi connectivity index (χ0v) is 22.8. The molecule has 2 aliphatic heterocycles. The molecule has 6 atom stereocenters. The van der Waals surface area contributed by atoms with Crippen LogP contribution in [0.15, 0.2) is 66.9 Å². The minimum atomic E-state index is -1.96. The molecule has 0 aliphatic carbocycles. The predicted molar refractivity (Wildman–Crippen MR) is 145 cm³/mol. The molecule has 0 saturated carbocycles. The summed E-state index contributed by atoms with van der Waals surface area (Å²) in [6.45, 7) is -0.689. The van der Waals surface area contributed by atoms with E-state index in [9.17, 15) is 37.7 Å². The summed E-state index contributed by atoms with van der Waals surface area (Å²) in [5.41, 5.74) is 0.698. The number of amides is 1. The fourth-order valence-corrected chi connectivity index (χ4v) is 5.71. The van der Waals surface area contributed by atoms with E-state index < -0.39 is 72.0 Å². The van der Waals surface area contributed by atoms with Crippen molar-refractivity contribution in [3.05, 3.63) is 95.7 Å². The number of carbonyl (C=O) groups excluding carboxylic acids is 1. The van der Waals surface area contributed by atoms with E-state index in [0.29, 0.717) is 23.3 Å². The molecule has 4 N–H and O–H groups in total. The van der Waals surface area contributed by atoms with E-state index in [-0.39, 0.29) is 29.8 Å². The first-order chi connectivity index (χ1) is 21.1. The van der Waals surface area contributed by atoms with Crippen LogP contribution in [0, 0.1) is 23.3 Å². The summed E-state index contributed by atoms with van der Waals surface area (Å²) in [4.78, 5) is 13.4. The van der Waals surface area contributed by atoms with E-state index >= 15 is 0 Å². The average Bonchev–Trinajstić information content (AvgIpc) is 3.66. The van der Waals surface area contributed by atoms with Crippen molar-refractivity contribution in [1.29, 1.82) is 0 Å². The van der Waals surface area contributed by atoms with Gasteiger partial charge in [-0.15, -0.1) is 5.10 Å². The van der Waals surface area contributed by atoms with Crippen LogP contribution in [0.1, 0.15) is 22.8 Å². The summed E-state index contributed by atoms with van der Waals surface area (Å²) in [5.74, 6) is -7.56. The lowest BCUT2D eigenvalue weighted by Crippen LogP contribution is -2.69. The van der Waals surface area contributed by atoms with Gasteiger partial charge in [0.15, 0.2) is 17.5 Å². The van der Waals surface area contributed by atoms with Gasteiger partial charge in [0.05, 0.1) is 25.5 Å². The normalized spacial score (nSPS) is 26.7. The van der Waals surface area contributed by atoms with Crippen molar-refractivity contribution < 1.29 is 47.1 Å². The number of aliphatic hydroxyl groups is 3. The lowest BCUT2D eigenvalue weighted by Gasteiger charge is -2.49. The molecule has 2 fully saturated rings. The second-order valence-corrected chi connectivity index (χ2v) is 10.5. The summed E-state index contributed by atoms with van der Waals surface area (Å²) < 4.78 is 68.3. The van der Waals surface area contributed by atoms with Crippen LogP contribution in [-0.2, 0) is 9.47 Å². The van der Waals surface area contributed by atoms with Gasteiger partial charge < -0.3 is 30.1 Å². The zero-order chi connectivity index (χ0) is 31.2. The lowest BCUT2D eigenvalue weighted by molar-refractivity contribution is -0.344. The van der Waals surface area contributed by atoms with Gasteiger partial charge in [0.25, 0.3) is 5.91 Å². The number of rotatable bonds is 6. The molecule has 0 unspecified atom stereocenters. The fourth-order valence-electron chi connectivity index (χ4n) is 5.71. The highest BCUT2D eigenvalue weighted by molar-refractivity contribution is 5.95. The number of ether oxygens (including phenoxy) is 2. The van der Waals surface area contributed by atoms with E-state index in [2.05, 4.69) is 15.6 Å². The number of aliphatic hydroxyl groups excluding tert-OH is 3. The molecule has 0 bridgehead atoms. The Labute approximate surface area is 247 Å². The molecule has 6 rings (SSSR count). The first kappa shape index (κ1) is 29.8. The Bertz CT molecular complexity index is 1680. The Morgan fingerprint density at radius 2 is 1.75 bits per heavy atom. The zero-order valence-electron chi connectivity index (χ0n) is 22.8. The molecule has 2 saturated heterocycles. The van der Waals surface area contributed by atoms with Gasteiger partial charge >= 0.3 is 0 Å². The Balaban J connectivity index is 1.29. The van der Waals surface area contributed by atoms with Gasteiger partial charge in [-0.1, -0.05) is 35.5 Å². The van der Waals surface area contributed by atoms with Gasteiger partial charge in [0.2, 0.25) is 5.79 Å². The van der Waals surface area contributed by atoms with Crippen molar-refractivity contribution in [3.63, 3.8) is 0 Å². The quantitative estimate of drug-likeness (QED) is 0.192. The van der Waals surface area contributed by atoms with Crippen molar-refractivity contribution in [2.75, 3.05) is 13.2 Å². The average molecular weight is 615 g/mol. The Kier molecular flexibility index (Phi) is 7.94.